The molecule has 0 saturated heterocycles. The van der Waals surface area contributed by atoms with Crippen LogP contribution in [0.1, 0.15) is 6.92 Å². The number of nitrogens with one attached hydrogen (secondary N) is 1. The molecule has 0 aliphatic carbocycles. The van der Waals surface area contributed by atoms with Crippen LogP contribution >= 0.6 is 11.6 Å². The summed E-state index contributed by atoms with van der Waals surface area (Å²) in [6, 6.07) is 23.6. The van der Waals surface area contributed by atoms with Crippen molar-refractivity contribution in [2.24, 2.45) is 0 Å². The molecule has 0 aromatic heterocycles. The lowest BCUT2D eigenvalue weighted by Crippen LogP contribution is -2.08. The van der Waals surface area contributed by atoms with Gasteiger partial charge in [0.25, 0.3) is 0 Å². The quantitative estimate of drug-likeness (QED) is 0.665. The van der Waals surface area contributed by atoms with Gasteiger partial charge < -0.3 is 5.32 Å². The number of carbonyl (C=O) groups is 1. The van der Waals surface area contributed by atoms with Crippen molar-refractivity contribution in [3.05, 3.63) is 77.8 Å². The topological polar surface area (TPSA) is 29.1 Å². The Kier molecular flexibility index (Phi) is 4.45. The van der Waals surface area contributed by atoms with Crippen LogP contribution in [-0.4, -0.2) is 5.91 Å². The van der Waals surface area contributed by atoms with E-state index in [0.717, 1.165) is 27.9 Å². The molecule has 0 bridgehead atoms. The minimum absolute atomic E-state index is 0.100. The van der Waals surface area contributed by atoms with E-state index in [0.29, 0.717) is 5.02 Å². The predicted molar refractivity (Wildman–Crippen MR) is 96.6 cm³/mol. The van der Waals surface area contributed by atoms with Gasteiger partial charge in [0.05, 0.1) is 5.69 Å². The van der Waals surface area contributed by atoms with Crippen molar-refractivity contribution < 1.29 is 4.79 Å². The van der Waals surface area contributed by atoms with Crippen molar-refractivity contribution in [2.45, 2.75) is 6.92 Å². The van der Waals surface area contributed by atoms with Crippen molar-refractivity contribution in [3.63, 3.8) is 0 Å². The summed E-state index contributed by atoms with van der Waals surface area (Å²) < 4.78 is 0. The van der Waals surface area contributed by atoms with Crippen molar-refractivity contribution in [1.29, 1.82) is 0 Å². The van der Waals surface area contributed by atoms with Crippen LogP contribution in [0.15, 0.2) is 72.8 Å². The van der Waals surface area contributed by atoms with Crippen molar-refractivity contribution >= 4 is 23.2 Å². The van der Waals surface area contributed by atoms with Crippen LogP contribution in [0.5, 0.6) is 0 Å². The average Bonchev–Trinajstić information content (AvgIpc) is 2.55. The average molecular weight is 322 g/mol. The predicted octanol–water partition coefficient (Wildman–Crippen LogP) is 5.63. The first-order chi connectivity index (χ1) is 11.1. The van der Waals surface area contributed by atoms with Gasteiger partial charge in [0.1, 0.15) is 0 Å². The Morgan fingerprint density at radius 1 is 0.826 bits per heavy atom. The molecule has 2 nitrogen and oxygen atoms in total. The normalized spacial score (nSPS) is 10.3. The molecule has 23 heavy (non-hydrogen) atoms. The van der Waals surface area contributed by atoms with Crippen LogP contribution < -0.4 is 5.32 Å². The van der Waals surface area contributed by atoms with Crippen LogP contribution in [-0.2, 0) is 4.79 Å². The van der Waals surface area contributed by atoms with Gasteiger partial charge in [-0.3, -0.25) is 4.79 Å². The van der Waals surface area contributed by atoms with Crippen LogP contribution in [0, 0.1) is 0 Å². The van der Waals surface area contributed by atoms with Gasteiger partial charge in [-0.25, -0.2) is 0 Å². The third-order valence-electron chi connectivity index (χ3n) is 3.59. The number of halogens is 1. The highest BCUT2D eigenvalue weighted by molar-refractivity contribution is 6.30. The Bertz CT molecular complexity index is 843. The molecule has 3 heteroatoms. The number of carbonyl (C=O) groups excluding carboxylic acids is 1. The summed E-state index contributed by atoms with van der Waals surface area (Å²) in [6.07, 6.45) is 0. The summed E-state index contributed by atoms with van der Waals surface area (Å²) in [6.45, 7) is 1.52. The number of anilines is 1. The Balaban J connectivity index is 2.22. The van der Waals surface area contributed by atoms with E-state index in [1.165, 1.54) is 6.92 Å². The molecule has 0 fully saturated rings. The zero-order valence-corrected chi connectivity index (χ0v) is 13.5. The molecule has 3 aromatic carbocycles. The summed E-state index contributed by atoms with van der Waals surface area (Å²) in [5, 5.41) is 3.64. The summed E-state index contributed by atoms with van der Waals surface area (Å²) in [5.41, 5.74) is 4.76. The SMILES string of the molecule is CC(=O)Nc1c(-c2ccccc2)cccc1-c1cccc(Cl)c1. The number of hydrogen-bond acceptors (Lipinski definition) is 1. The molecule has 1 amide bonds. The Hall–Kier alpha value is -2.58. The maximum absolute atomic E-state index is 11.7. The van der Waals surface area contributed by atoms with E-state index < -0.39 is 0 Å². The lowest BCUT2D eigenvalue weighted by molar-refractivity contribution is -0.114. The molecule has 0 atom stereocenters. The molecule has 114 valence electrons. The first-order valence-electron chi connectivity index (χ1n) is 7.37. The Morgan fingerprint density at radius 2 is 1.43 bits per heavy atom. The molecule has 0 aliphatic rings. The monoisotopic (exact) mass is 321 g/mol. The lowest BCUT2D eigenvalue weighted by atomic mass is 9.96. The minimum atomic E-state index is -0.100. The largest absolute Gasteiger partial charge is 0.325 e. The van der Waals surface area contributed by atoms with Crippen molar-refractivity contribution in [2.75, 3.05) is 5.32 Å². The second-order valence-corrected chi connectivity index (χ2v) is 5.72. The number of benzene rings is 3. The summed E-state index contributed by atoms with van der Waals surface area (Å²) in [4.78, 5) is 11.7. The second kappa shape index (κ2) is 6.67. The lowest BCUT2D eigenvalue weighted by Gasteiger charge is -2.16. The van der Waals surface area contributed by atoms with Crippen LogP contribution in [0.2, 0.25) is 5.02 Å². The zero-order chi connectivity index (χ0) is 16.2. The van der Waals surface area contributed by atoms with E-state index >= 15 is 0 Å². The maximum atomic E-state index is 11.7. The van der Waals surface area contributed by atoms with Crippen LogP contribution in [0.3, 0.4) is 0 Å². The smallest absolute Gasteiger partial charge is 0.221 e. The third kappa shape index (κ3) is 3.43. The molecule has 0 unspecified atom stereocenters. The van der Waals surface area contributed by atoms with Gasteiger partial charge in [-0.2, -0.15) is 0 Å². The number of hydrogen-bond donors (Lipinski definition) is 1. The first-order valence-corrected chi connectivity index (χ1v) is 7.75. The Labute approximate surface area is 140 Å². The summed E-state index contributed by atoms with van der Waals surface area (Å²) >= 11 is 6.12. The standard InChI is InChI=1S/C20H16ClNO/c1-14(23)22-20-18(15-7-3-2-4-8-15)11-6-12-19(20)16-9-5-10-17(21)13-16/h2-13H,1H3,(H,22,23). The summed E-state index contributed by atoms with van der Waals surface area (Å²) in [5.74, 6) is -0.100. The molecule has 0 saturated carbocycles. The molecule has 0 radical (unpaired) electrons. The number of amides is 1. The van der Waals surface area contributed by atoms with E-state index in [9.17, 15) is 4.79 Å². The highest BCUT2D eigenvalue weighted by atomic mass is 35.5. The van der Waals surface area contributed by atoms with E-state index in [2.05, 4.69) is 5.32 Å². The van der Waals surface area contributed by atoms with Gasteiger partial charge in [0.2, 0.25) is 5.91 Å². The third-order valence-corrected chi connectivity index (χ3v) is 3.82. The molecule has 3 rings (SSSR count). The number of rotatable bonds is 3. The second-order valence-electron chi connectivity index (χ2n) is 5.29. The summed E-state index contributed by atoms with van der Waals surface area (Å²) in [7, 11) is 0. The molecule has 3 aromatic rings. The maximum Gasteiger partial charge on any atom is 0.221 e. The van der Waals surface area contributed by atoms with E-state index in [1.807, 2.05) is 72.8 Å². The van der Waals surface area contributed by atoms with Crippen LogP contribution in [0.4, 0.5) is 5.69 Å². The van der Waals surface area contributed by atoms with Crippen molar-refractivity contribution in [1.82, 2.24) is 0 Å². The van der Waals surface area contributed by atoms with Gasteiger partial charge in [0, 0.05) is 23.1 Å². The van der Waals surface area contributed by atoms with Gasteiger partial charge in [0.15, 0.2) is 0 Å². The zero-order valence-electron chi connectivity index (χ0n) is 12.7. The highest BCUT2D eigenvalue weighted by Crippen LogP contribution is 2.37. The fraction of sp³-hybridized carbons (Fsp3) is 0.0500. The highest BCUT2D eigenvalue weighted by Gasteiger charge is 2.13. The fourth-order valence-corrected chi connectivity index (χ4v) is 2.81. The van der Waals surface area contributed by atoms with E-state index in [4.69, 9.17) is 11.6 Å². The van der Waals surface area contributed by atoms with E-state index in [1.54, 1.807) is 0 Å². The molecule has 0 spiro atoms. The Morgan fingerprint density at radius 3 is 2.09 bits per heavy atom. The molecular formula is C20H16ClNO. The van der Waals surface area contributed by atoms with Gasteiger partial charge in [-0.05, 0) is 23.3 Å². The molecular weight excluding hydrogens is 306 g/mol. The van der Waals surface area contributed by atoms with Crippen LogP contribution in [0.25, 0.3) is 22.3 Å². The fourth-order valence-electron chi connectivity index (χ4n) is 2.62. The number of para-hydroxylation sites is 1. The molecule has 1 N–H and O–H groups in total. The van der Waals surface area contributed by atoms with Gasteiger partial charge >= 0.3 is 0 Å². The first kappa shape index (κ1) is 15.3. The van der Waals surface area contributed by atoms with Gasteiger partial charge in [-0.15, -0.1) is 0 Å². The van der Waals surface area contributed by atoms with Gasteiger partial charge in [-0.1, -0.05) is 72.3 Å². The molecule has 0 heterocycles. The minimum Gasteiger partial charge on any atom is -0.325 e. The van der Waals surface area contributed by atoms with Crippen molar-refractivity contribution in [3.8, 4) is 22.3 Å². The van der Waals surface area contributed by atoms with E-state index in [-0.39, 0.29) is 5.91 Å². The molecule has 0 aliphatic heterocycles.